The van der Waals surface area contributed by atoms with Crippen LogP contribution in [0.4, 0.5) is 4.39 Å². The molecule has 4 atom stereocenters. The van der Waals surface area contributed by atoms with Gasteiger partial charge in [0.25, 0.3) is 0 Å². The quantitative estimate of drug-likeness (QED) is 0.283. The second kappa shape index (κ2) is 13.2. The molecule has 0 radical (unpaired) electrons. The molecule has 0 aromatic heterocycles. The second-order valence-electron chi connectivity index (χ2n) is 7.14. The Hall–Kier alpha value is -1.97. The summed E-state index contributed by atoms with van der Waals surface area (Å²) in [6.45, 7) is 2.05. The van der Waals surface area contributed by atoms with Crippen molar-refractivity contribution < 1.29 is 29.3 Å². The van der Waals surface area contributed by atoms with Crippen molar-refractivity contribution in [2.24, 2.45) is 11.8 Å². The van der Waals surface area contributed by atoms with E-state index < -0.39 is 35.8 Å². The van der Waals surface area contributed by atoms with Gasteiger partial charge in [0.05, 0.1) is 12.0 Å². The minimum atomic E-state index is -1.54. The molecular weight excluding hydrogens is 363 g/mol. The third-order valence-electron chi connectivity index (χ3n) is 4.78. The molecule has 0 aromatic rings. The largest absolute Gasteiger partial charge is 0.481 e. The summed E-state index contributed by atoms with van der Waals surface area (Å²) in [5.41, 5.74) is 0. The maximum atomic E-state index is 13.9. The first-order chi connectivity index (χ1) is 13.4. The third-order valence-corrected chi connectivity index (χ3v) is 4.78. The molecule has 1 rings (SSSR count). The van der Waals surface area contributed by atoms with E-state index in [1.54, 1.807) is 6.08 Å². The summed E-state index contributed by atoms with van der Waals surface area (Å²) in [6.07, 6.45) is 7.48. The maximum Gasteiger partial charge on any atom is 0.303 e. The van der Waals surface area contributed by atoms with E-state index in [0.717, 1.165) is 19.3 Å². The fourth-order valence-corrected chi connectivity index (χ4v) is 3.15. The van der Waals surface area contributed by atoms with E-state index in [2.05, 4.69) is 18.8 Å². The lowest BCUT2D eigenvalue weighted by atomic mass is 9.91. The number of unbranched alkanes of at least 4 members (excludes halogenated alkanes) is 4. The number of carboxylic acids is 1. The number of aliphatic hydroxyl groups excluding tert-OH is 2. The first kappa shape index (κ1) is 24.1. The summed E-state index contributed by atoms with van der Waals surface area (Å²) in [6, 6.07) is 0. The molecule has 156 valence electrons. The molecule has 0 heterocycles. The van der Waals surface area contributed by atoms with Gasteiger partial charge in [-0.15, -0.1) is 0 Å². The molecule has 1 saturated carbocycles. The van der Waals surface area contributed by atoms with E-state index >= 15 is 0 Å². The molecule has 0 amide bonds. The molecule has 0 aromatic carbocycles. The minimum Gasteiger partial charge on any atom is -0.481 e. The van der Waals surface area contributed by atoms with Gasteiger partial charge in [0, 0.05) is 18.8 Å². The zero-order valence-electron chi connectivity index (χ0n) is 16.4. The van der Waals surface area contributed by atoms with Gasteiger partial charge in [0.1, 0.15) is 11.6 Å². The van der Waals surface area contributed by atoms with Crippen molar-refractivity contribution >= 4 is 11.8 Å². The molecule has 1 fully saturated rings. The number of aliphatic hydroxyl groups is 2. The number of carbonyl (C=O) groups is 2. The number of carbonyl (C=O) groups excluding carboxylic acids is 1. The lowest BCUT2D eigenvalue weighted by molar-refractivity contribution is -0.137. The normalized spacial score (nSPS) is 23.6. The van der Waals surface area contributed by atoms with Crippen LogP contribution in [-0.4, -0.2) is 39.3 Å². The Morgan fingerprint density at radius 3 is 2.71 bits per heavy atom. The Morgan fingerprint density at radius 1 is 1.29 bits per heavy atom. The number of rotatable bonds is 11. The average molecular weight is 394 g/mol. The van der Waals surface area contributed by atoms with Crippen LogP contribution >= 0.6 is 0 Å². The molecule has 3 N–H and O–H groups in total. The second-order valence-corrected chi connectivity index (χ2v) is 7.14. The van der Waals surface area contributed by atoms with E-state index in [0.29, 0.717) is 25.7 Å². The van der Waals surface area contributed by atoms with Gasteiger partial charge < -0.3 is 15.3 Å². The number of allylic oxidation sites excluding steroid dienone is 3. The molecule has 1 aliphatic carbocycles. The Balaban J connectivity index is 2.61. The summed E-state index contributed by atoms with van der Waals surface area (Å²) < 4.78 is 13.9. The predicted molar refractivity (Wildman–Crippen MR) is 105 cm³/mol. The monoisotopic (exact) mass is 394 g/mol. The number of aliphatic carboxylic acids is 1. The number of halogens is 1. The van der Waals surface area contributed by atoms with Crippen molar-refractivity contribution in [3.63, 3.8) is 0 Å². The number of hydrogen-bond acceptors (Lipinski definition) is 4. The molecule has 5 nitrogen and oxygen atoms in total. The molecule has 0 spiro atoms. The van der Waals surface area contributed by atoms with Crippen LogP contribution in [0.1, 0.15) is 64.7 Å². The van der Waals surface area contributed by atoms with E-state index in [-0.39, 0.29) is 18.6 Å². The standard InChI is InChI=1S/C22H31FO5/c1-2-3-4-8-11-18(23)19(24)14-13-17-16(20(25)15-21(17)26)10-7-5-6-9-12-22(27)28/h5,7,11,16-17,19,21,24,26H,2-4,6,8-10,12,15H2,1H3,(H,27,28)/b7-5-,18-11-/t16-,17-,19-,21-/m1/s1. The lowest BCUT2D eigenvalue weighted by Crippen LogP contribution is -2.19. The van der Waals surface area contributed by atoms with Crippen LogP contribution in [0.3, 0.4) is 0 Å². The fraction of sp³-hybridized carbons (Fsp3) is 0.636. The molecule has 0 aliphatic heterocycles. The molecule has 1 aliphatic rings. The van der Waals surface area contributed by atoms with Crippen molar-refractivity contribution in [1.82, 2.24) is 0 Å². The van der Waals surface area contributed by atoms with E-state index in [1.807, 2.05) is 6.08 Å². The van der Waals surface area contributed by atoms with Crippen molar-refractivity contribution in [2.45, 2.75) is 76.9 Å². The topological polar surface area (TPSA) is 94.8 Å². The van der Waals surface area contributed by atoms with Crippen molar-refractivity contribution in [1.29, 1.82) is 0 Å². The van der Waals surface area contributed by atoms with Crippen LogP contribution in [0.5, 0.6) is 0 Å². The van der Waals surface area contributed by atoms with Crippen molar-refractivity contribution in [3.05, 3.63) is 24.1 Å². The molecule has 0 bridgehead atoms. The number of hydrogen-bond donors (Lipinski definition) is 3. The van der Waals surface area contributed by atoms with Crippen LogP contribution in [0.25, 0.3) is 0 Å². The van der Waals surface area contributed by atoms with Gasteiger partial charge in [-0.3, -0.25) is 9.59 Å². The van der Waals surface area contributed by atoms with Gasteiger partial charge in [-0.2, -0.15) is 0 Å². The number of carboxylic acid groups (broad SMARTS) is 1. The first-order valence-corrected chi connectivity index (χ1v) is 9.99. The van der Waals surface area contributed by atoms with Gasteiger partial charge in [-0.05, 0) is 38.2 Å². The molecule has 28 heavy (non-hydrogen) atoms. The zero-order valence-corrected chi connectivity index (χ0v) is 16.4. The lowest BCUT2D eigenvalue weighted by Gasteiger charge is -2.13. The van der Waals surface area contributed by atoms with E-state index in [9.17, 15) is 24.2 Å². The predicted octanol–water partition coefficient (Wildman–Crippen LogP) is 3.55. The van der Waals surface area contributed by atoms with Crippen LogP contribution in [0.2, 0.25) is 0 Å². The first-order valence-electron chi connectivity index (χ1n) is 9.99. The fourth-order valence-electron chi connectivity index (χ4n) is 3.15. The van der Waals surface area contributed by atoms with Gasteiger partial charge in [-0.1, -0.05) is 43.8 Å². The highest BCUT2D eigenvalue weighted by Gasteiger charge is 2.39. The SMILES string of the molecule is CCCCC/C=C(\F)[C@H](O)C#C[C@H]1[C@H](O)CC(=O)[C@@H]1C/C=C\CCCC(=O)O. The molecular formula is C22H31FO5. The van der Waals surface area contributed by atoms with Crippen molar-refractivity contribution in [2.75, 3.05) is 0 Å². The summed E-state index contributed by atoms with van der Waals surface area (Å²) >= 11 is 0. The Kier molecular flexibility index (Phi) is 11.4. The van der Waals surface area contributed by atoms with Crippen LogP contribution in [-0.2, 0) is 9.59 Å². The maximum absolute atomic E-state index is 13.9. The summed E-state index contributed by atoms with van der Waals surface area (Å²) in [5.74, 6) is 2.34. The van der Waals surface area contributed by atoms with Crippen LogP contribution in [0.15, 0.2) is 24.1 Å². The van der Waals surface area contributed by atoms with E-state index in [1.165, 1.54) is 6.08 Å². The third kappa shape index (κ3) is 8.81. The number of ketones is 1. The Labute approximate surface area is 166 Å². The number of Topliss-reactive ketones (excluding diaryl/α,β-unsaturated/α-hetero) is 1. The van der Waals surface area contributed by atoms with Gasteiger partial charge in [0.15, 0.2) is 6.10 Å². The Morgan fingerprint density at radius 2 is 2.04 bits per heavy atom. The Bertz CT molecular complexity index is 629. The summed E-state index contributed by atoms with van der Waals surface area (Å²) in [7, 11) is 0. The van der Waals surface area contributed by atoms with Crippen LogP contribution < -0.4 is 0 Å². The van der Waals surface area contributed by atoms with Gasteiger partial charge in [0.2, 0.25) is 0 Å². The average Bonchev–Trinajstić information content (AvgIpc) is 2.91. The van der Waals surface area contributed by atoms with Crippen LogP contribution in [0, 0.1) is 23.7 Å². The molecule has 6 heteroatoms. The highest BCUT2D eigenvalue weighted by molar-refractivity contribution is 5.85. The van der Waals surface area contributed by atoms with Gasteiger partial charge in [-0.25, -0.2) is 4.39 Å². The van der Waals surface area contributed by atoms with E-state index in [4.69, 9.17) is 5.11 Å². The minimum absolute atomic E-state index is 0.00228. The van der Waals surface area contributed by atoms with Gasteiger partial charge >= 0.3 is 5.97 Å². The zero-order chi connectivity index (χ0) is 20.9. The summed E-state index contributed by atoms with van der Waals surface area (Å²) in [5, 5.41) is 28.5. The smallest absolute Gasteiger partial charge is 0.303 e. The highest BCUT2D eigenvalue weighted by Crippen LogP contribution is 2.31. The van der Waals surface area contributed by atoms with Crippen molar-refractivity contribution in [3.8, 4) is 11.8 Å². The summed E-state index contributed by atoms with van der Waals surface area (Å²) in [4.78, 5) is 22.6. The molecule has 0 unspecified atom stereocenters. The highest BCUT2D eigenvalue weighted by atomic mass is 19.1. The molecule has 0 saturated heterocycles.